The first-order valence-electron chi connectivity index (χ1n) is 6.98. The van der Waals surface area contributed by atoms with Crippen molar-refractivity contribution in [2.24, 2.45) is 0 Å². The van der Waals surface area contributed by atoms with Gasteiger partial charge in [-0.05, 0) is 13.8 Å². The zero-order valence-corrected chi connectivity index (χ0v) is 12.0. The molecular formula is C14H21N3O3. The van der Waals surface area contributed by atoms with E-state index in [2.05, 4.69) is 0 Å². The Morgan fingerprint density at radius 1 is 1.25 bits per heavy atom. The smallest absolute Gasteiger partial charge is 0.266 e. The first-order valence-corrected chi connectivity index (χ1v) is 6.98. The lowest BCUT2D eigenvalue weighted by atomic mass is 10.2. The van der Waals surface area contributed by atoms with E-state index in [4.69, 9.17) is 9.47 Å². The van der Waals surface area contributed by atoms with Crippen molar-refractivity contribution in [1.82, 2.24) is 9.80 Å². The molecule has 0 N–H and O–H groups in total. The summed E-state index contributed by atoms with van der Waals surface area (Å²) in [5, 5.41) is 9.23. The maximum atomic E-state index is 12.4. The van der Waals surface area contributed by atoms with Crippen LogP contribution in [-0.4, -0.2) is 67.3 Å². The summed E-state index contributed by atoms with van der Waals surface area (Å²) in [4.78, 5) is 16.1. The molecule has 20 heavy (non-hydrogen) atoms. The fourth-order valence-corrected chi connectivity index (χ4v) is 2.54. The van der Waals surface area contributed by atoms with Crippen LogP contribution in [0.25, 0.3) is 0 Å². The minimum absolute atomic E-state index is 0.00558. The molecule has 2 unspecified atom stereocenters. The van der Waals surface area contributed by atoms with Crippen LogP contribution in [0.2, 0.25) is 0 Å². The predicted molar refractivity (Wildman–Crippen MR) is 72.7 cm³/mol. The summed E-state index contributed by atoms with van der Waals surface area (Å²) in [5.41, 5.74) is 0.188. The van der Waals surface area contributed by atoms with Crippen LogP contribution in [0.15, 0.2) is 11.8 Å². The highest BCUT2D eigenvalue weighted by Gasteiger charge is 2.28. The number of amides is 1. The molecule has 0 spiro atoms. The first kappa shape index (κ1) is 14.8. The molecule has 2 atom stereocenters. The van der Waals surface area contributed by atoms with E-state index in [1.807, 2.05) is 24.8 Å². The summed E-state index contributed by atoms with van der Waals surface area (Å²) < 4.78 is 10.9. The molecule has 2 saturated heterocycles. The topological polar surface area (TPSA) is 65.8 Å². The Kier molecular flexibility index (Phi) is 4.99. The molecule has 2 fully saturated rings. The average Bonchev–Trinajstić information content (AvgIpc) is 2.44. The van der Waals surface area contributed by atoms with E-state index in [1.165, 1.54) is 0 Å². The van der Waals surface area contributed by atoms with Gasteiger partial charge < -0.3 is 19.3 Å². The summed E-state index contributed by atoms with van der Waals surface area (Å²) in [7, 11) is 0. The number of rotatable bonds is 2. The number of hydrogen-bond donors (Lipinski definition) is 0. The van der Waals surface area contributed by atoms with Gasteiger partial charge in [-0.3, -0.25) is 4.79 Å². The van der Waals surface area contributed by atoms with Gasteiger partial charge in [0.25, 0.3) is 5.91 Å². The van der Waals surface area contributed by atoms with Crippen LogP contribution in [0.4, 0.5) is 0 Å². The second kappa shape index (κ2) is 6.73. The molecule has 2 aliphatic heterocycles. The van der Waals surface area contributed by atoms with E-state index < -0.39 is 0 Å². The zero-order chi connectivity index (χ0) is 14.5. The van der Waals surface area contributed by atoms with Crippen molar-refractivity contribution < 1.29 is 14.3 Å². The Hall–Kier alpha value is -1.58. The number of nitriles is 1. The van der Waals surface area contributed by atoms with Gasteiger partial charge in [-0.15, -0.1) is 0 Å². The second-order valence-corrected chi connectivity index (χ2v) is 5.27. The summed E-state index contributed by atoms with van der Waals surface area (Å²) in [5.74, 6) is -0.207. The van der Waals surface area contributed by atoms with Gasteiger partial charge in [-0.1, -0.05) is 0 Å². The number of carbonyl (C=O) groups excluding carboxylic acids is 1. The third kappa shape index (κ3) is 3.71. The fourth-order valence-electron chi connectivity index (χ4n) is 2.54. The molecule has 0 bridgehead atoms. The van der Waals surface area contributed by atoms with Crippen LogP contribution in [0.3, 0.4) is 0 Å². The van der Waals surface area contributed by atoms with Crippen LogP contribution in [0.5, 0.6) is 0 Å². The maximum Gasteiger partial charge on any atom is 0.266 e. The highest BCUT2D eigenvalue weighted by molar-refractivity contribution is 5.97. The second-order valence-electron chi connectivity index (χ2n) is 5.27. The lowest BCUT2D eigenvalue weighted by Gasteiger charge is -2.35. The summed E-state index contributed by atoms with van der Waals surface area (Å²) in [6, 6.07) is 2.02. The molecule has 6 nitrogen and oxygen atoms in total. The molecule has 0 aromatic rings. The third-order valence-corrected chi connectivity index (χ3v) is 3.42. The summed E-state index contributed by atoms with van der Waals surface area (Å²) in [6.45, 7) is 7.64. The molecule has 0 aromatic heterocycles. The van der Waals surface area contributed by atoms with Crippen LogP contribution in [-0.2, 0) is 14.3 Å². The van der Waals surface area contributed by atoms with Gasteiger partial charge in [-0.25, -0.2) is 0 Å². The molecule has 2 heterocycles. The van der Waals surface area contributed by atoms with E-state index >= 15 is 0 Å². The average molecular weight is 279 g/mol. The van der Waals surface area contributed by atoms with E-state index in [-0.39, 0.29) is 23.7 Å². The number of ether oxygens (including phenoxy) is 2. The minimum atomic E-state index is -0.207. The minimum Gasteiger partial charge on any atom is -0.378 e. The molecule has 0 radical (unpaired) electrons. The van der Waals surface area contributed by atoms with Gasteiger partial charge in [0.1, 0.15) is 11.6 Å². The van der Waals surface area contributed by atoms with Gasteiger partial charge in [0, 0.05) is 32.4 Å². The van der Waals surface area contributed by atoms with E-state index in [0.29, 0.717) is 39.4 Å². The lowest BCUT2D eigenvalue weighted by molar-refractivity contribution is -0.138. The molecule has 0 aromatic carbocycles. The molecule has 0 aliphatic carbocycles. The van der Waals surface area contributed by atoms with Gasteiger partial charge in [0.15, 0.2) is 0 Å². The standard InChI is InChI=1S/C14H21N3O3/c1-11-8-17(9-12(2)20-11)14(18)13(7-15)10-16-3-5-19-6-4-16/h10-12H,3-6,8-9H2,1-2H3/b13-10-. The van der Waals surface area contributed by atoms with Crippen molar-refractivity contribution in [2.75, 3.05) is 39.4 Å². The summed E-state index contributed by atoms with van der Waals surface area (Å²) >= 11 is 0. The molecule has 2 aliphatic rings. The van der Waals surface area contributed by atoms with Crippen LogP contribution in [0, 0.1) is 11.3 Å². The quantitative estimate of drug-likeness (QED) is 0.539. The molecule has 0 saturated carbocycles. The lowest BCUT2D eigenvalue weighted by Crippen LogP contribution is -2.48. The molecule has 110 valence electrons. The SMILES string of the molecule is CC1CN(C(=O)/C(C#N)=C\N2CCOCC2)CC(C)O1. The highest BCUT2D eigenvalue weighted by Crippen LogP contribution is 2.14. The van der Waals surface area contributed by atoms with Crippen LogP contribution in [0.1, 0.15) is 13.8 Å². The van der Waals surface area contributed by atoms with Crippen molar-refractivity contribution in [3.63, 3.8) is 0 Å². The van der Waals surface area contributed by atoms with Gasteiger partial charge in [0.05, 0.1) is 25.4 Å². The van der Waals surface area contributed by atoms with E-state index in [1.54, 1.807) is 11.1 Å². The fraction of sp³-hybridized carbons (Fsp3) is 0.714. The molecule has 2 rings (SSSR count). The van der Waals surface area contributed by atoms with Gasteiger partial charge >= 0.3 is 0 Å². The normalized spacial score (nSPS) is 28.1. The van der Waals surface area contributed by atoms with Gasteiger partial charge in [-0.2, -0.15) is 5.26 Å². The van der Waals surface area contributed by atoms with Crippen molar-refractivity contribution in [3.8, 4) is 6.07 Å². The predicted octanol–water partition coefficient (Wildman–Crippen LogP) is 0.362. The Bertz CT molecular complexity index is 414. The third-order valence-electron chi connectivity index (χ3n) is 3.42. The zero-order valence-electron chi connectivity index (χ0n) is 12.0. The summed E-state index contributed by atoms with van der Waals surface area (Å²) in [6.07, 6.45) is 1.67. The monoisotopic (exact) mass is 279 g/mol. The van der Waals surface area contributed by atoms with Crippen molar-refractivity contribution >= 4 is 5.91 Å². The molecular weight excluding hydrogens is 258 g/mol. The van der Waals surface area contributed by atoms with Crippen LogP contribution >= 0.6 is 0 Å². The largest absolute Gasteiger partial charge is 0.378 e. The van der Waals surface area contributed by atoms with Crippen molar-refractivity contribution in [3.05, 3.63) is 11.8 Å². The van der Waals surface area contributed by atoms with E-state index in [0.717, 1.165) is 0 Å². The Morgan fingerprint density at radius 3 is 2.40 bits per heavy atom. The highest BCUT2D eigenvalue weighted by atomic mass is 16.5. The Labute approximate surface area is 119 Å². The van der Waals surface area contributed by atoms with Crippen molar-refractivity contribution in [2.45, 2.75) is 26.1 Å². The van der Waals surface area contributed by atoms with E-state index in [9.17, 15) is 10.1 Å². The first-order chi connectivity index (χ1) is 9.60. The number of morpholine rings is 2. The Balaban J connectivity index is 2.04. The maximum absolute atomic E-state index is 12.4. The van der Waals surface area contributed by atoms with Crippen molar-refractivity contribution in [1.29, 1.82) is 5.26 Å². The number of carbonyl (C=O) groups is 1. The molecule has 1 amide bonds. The number of hydrogen-bond acceptors (Lipinski definition) is 5. The number of nitrogens with zero attached hydrogens (tertiary/aromatic N) is 3. The van der Waals surface area contributed by atoms with Gasteiger partial charge in [0.2, 0.25) is 0 Å². The molecule has 6 heteroatoms. The Morgan fingerprint density at radius 2 is 1.85 bits per heavy atom. The van der Waals surface area contributed by atoms with Crippen LogP contribution < -0.4 is 0 Å².